The summed E-state index contributed by atoms with van der Waals surface area (Å²) in [7, 11) is 20.4. The third kappa shape index (κ3) is 78.6. The molecule has 26 heavy (non-hydrogen) atoms. The second kappa shape index (κ2) is 17.5. The van der Waals surface area contributed by atoms with E-state index in [2.05, 4.69) is 27.9 Å². The van der Waals surface area contributed by atoms with E-state index in [0.717, 1.165) is 0 Å². The Morgan fingerprint density at radius 1 is 0.731 bits per heavy atom. The van der Waals surface area contributed by atoms with Crippen molar-refractivity contribution in [2.75, 3.05) is 0 Å². The molecule has 0 unspecified atom stereocenters. The molecule has 0 atom stereocenters. The molecular formula is C6H24Cl10N4Si4Ti2. The van der Waals surface area contributed by atoms with E-state index in [0.29, 0.717) is 0 Å². The predicted octanol–water partition coefficient (Wildman–Crippen LogP) is 6.35. The molecule has 0 aromatic carbocycles. The predicted molar refractivity (Wildman–Crippen MR) is 123 cm³/mol. The molecule has 0 bridgehead atoms. The van der Waals surface area contributed by atoms with Gasteiger partial charge in [-0.05, 0) is 0 Å². The molecule has 0 saturated heterocycles. The minimum absolute atomic E-state index is 0.556. The molecule has 20 heteroatoms. The van der Waals surface area contributed by atoms with Gasteiger partial charge in [-0.15, -0.1) is 0 Å². The second-order valence-electron chi connectivity index (χ2n) is 6.28. The zero-order valence-corrected chi connectivity index (χ0v) is 29.7. The first-order valence-corrected chi connectivity index (χ1v) is 34.6. The molecule has 0 amide bonds. The summed E-state index contributed by atoms with van der Waals surface area (Å²) in [6.45, 7) is 12.3. The van der Waals surface area contributed by atoms with E-state index < -0.39 is 59.9 Å². The average molecular weight is 715 g/mol. The van der Waals surface area contributed by atoms with Gasteiger partial charge in [-0.3, -0.25) is 0 Å². The van der Waals surface area contributed by atoms with Gasteiger partial charge in [-0.1, -0.05) is 55.8 Å². The molecule has 0 rings (SSSR count). The van der Waals surface area contributed by atoms with Crippen LogP contribution in [0.2, 0.25) is 39.3 Å². The van der Waals surface area contributed by atoms with Crippen LogP contribution >= 0.6 is 81.5 Å². The zero-order valence-electron chi connectivity index (χ0n) is 14.9. The van der Waals surface area contributed by atoms with Crippen molar-refractivity contribution in [3.63, 3.8) is 0 Å². The number of hydrogen-bond acceptors (Lipinski definition) is 2. The van der Waals surface area contributed by atoms with E-state index in [-0.39, 0.29) is 0 Å². The van der Waals surface area contributed by atoms with Gasteiger partial charge in [0.2, 0.25) is 14.0 Å². The molecule has 0 fully saturated rings. The molecule has 162 valence electrons. The molecule has 4 N–H and O–H groups in total. The maximum atomic E-state index is 5.57. The molecule has 0 heterocycles. The van der Waals surface area contributed by atoms with Gasteiger partial charge in [0.1, 0.15) is 0 Å². The van der Waals surface area contributed by atoms with Crippen LogP contribution in [0.3, 0.4) is 0 Å². The fraction of sp³-hybridized carbons (Fsp3) is 1.00. The van der Waals surface area contributed by atoms with Crippen molar-refractivity contribution in [2.24, 2.45) is 10.8 Å². The Labute approximate surface area is 216 Å². The number of nitrogens with zero attached hydrogens (tertiary/aromatic N) is 2. The van der Waals surface area contributed by atoms with Gasteiger partial charge in [0.15, 0.2) is 0 Å². The topological polar surface area (TPSA) is 80.2 Å². The first-order chi connectivity index (χ1) is 10.8. The van der Waals surface area contributed by atoms with Crippen LogP contribution in [0.15, 0.2) is 0 Å². The van der Waals surface area contributed by atoms with Crippen molar-refractivity contribution >= 4 is 112 Å². The van der Waals surface area contributed by atoms with Crippen molar-refractivity contribution in [2.45, 2.75) is 39.3 Å². The summed E-state index contributed by atoms with van der Waals surface area (Å²) >= 11 is 18.8. The normalized spacial score (nSPS) is 12.5. The van der Waals surface area contributed by atoms with E-state index in [1.807, 2.05) is 39.3 Å². The van der Waals surface area contributed by atoms with Crippen LogP contribution in [0, 0.1) is 18.6 Å². The Bertz CT molecular complexity index is 285. The quantitative estimate of drug-likeness (QED) is 0.263. The second-order valence-corrected chi connectivity index (χ2v) is 46.5. The summed E-state index contributed by atoms with van der Waals surface area (Å²) in [6.07, 6.45) is 0. The van der Waals surface area contributed by atoms with Crippen LogP contribution in [0.25, 0.3) is 9.30 Å². The van der Waals surface area contributed by atoms with Crippen LogP contribution in [-0.4, -0.2) is 30.5 Å². The summed E-state index contributed by atoms with van der Waals surface area (Å²) in [4.78, 5) is 0. The Kier molecular flexibility index (Phi) is 25.8. The standard InChI is InChI=1S/2C3H11Cl2N2Si2.6ClH.2Ti/c2*1-8(2,3)7-9(4,5)6;;;;;;;;/h2*6H2,1-3H3;6*1H;;/q2*-1;;;;;;;+2;+4/p-4. The van der Waals surface area contributed by atoms with Gasteiger partial charge >= 0.3 is 85.2 Å². The van der Waals surface area contributed by atoms with Crippen LogP contribution in [0.4, 0.5) is 0 Å². The van der Waals surface area contributed by atoms with E-state index in [1.54, 1.807) is 0 Å². The average Bonchev–Trinajstić information content (AvgIpc) is 2.01. The third-order valence-electron chi connectivity index (χ3n) is 0.969. The molecule has 0 aliphatic rings. The van der Waals surface area contributed by atoms with Crippen molar-refractivity contribution in [3.8, 4) is 0 Å². The van der Waals surface area contributed by atoms with E-state index in [9.17, 15) is 0 Å². The Balaban J connectivity index is -0.000000134. The first kappa shape index (κ1) is 38.3. The van der Waals surface area contributed by atoms with Gasteiger partial charge in [0.05, 0.1) is 0 Å². The molecule has 0 aromatic rings. The molecule has 0 aliphatic carbocycles. The van der Waals surface area contributed by atoms with E-state index in [1.165, 1.54) is 0 Å². The van der Waals surface area contributed by atoms with Crippen LogP contribution < -0.4 is 10.8 Å². The molecule has 0 aromatic heterocycles. The van der Waals surface area contributed by atoms with Crippen LogP contribution in [0.1, 0.15) is 0 Å². The van der Waals surface area contributed by atoms with E-state index >= 15 is 0 Å². The molecule has 4 nitrogen and oxygen atoms in total. The monoisotopic (exact) mass is 710 g/mol. The fourth-order valence-corrected chi connectivity index (χ4v) is 17.2. The van der Waals surface area contributed by atoms with Crippen LogP contribution in [-0.2, 0) is 29.4 Å². The molecule has 0 radical (unpaired) electrons. The van der Waals surface area contributed by atoms with Crippen molar-refractivity contribution < 1.29 is 48.0 Å². The Morgan fingerprint density at radius 2 is 0.846 bits per heavy atom. The Morgan fingerprint density at radius 3 is 0.846 bits per heavy atom. The summed E-state index contributed by atoms with van der Waals surface area (Å²) in [5.74, 6) is 0. The fourth-order valence-electron chi connectivity index (χ4n) is 0.894. The SMILES string of the molecule is C[Si](C)(C)[N-][Si](N)(Cl)Cl.C[Si](C)(C)[N-][Si](N)(Cl)Cl.[Cl][Ti]([Cl])([ClH+])[ClH+].[Cl][Ti][Cl]. The van der Waals surface area contributed by atoms with Crippen molar-refractivity contribution in [1.29, 1.82) is 0 Å². The van der Waals surface area contributed by atoms with E-state index in [4.69, 9.17) is 92.3 Å². The number of halogens is 10. The van der Waals surface area contributed by atoms with Gasteiger partial charge < -0.3 is 20.1 Å². The first-order valence-electron chi connectivity index (χ1n) is 6.39. The summed E-state index contributed by atoms with van der Waals surface area (Å²) in [5.41, 5.74) is 0. The van der Waals surface area contributed by atoms with Crippen molar-refractivity contribution in [1.82, 2.24) is 0 Å². The maximum absolute atomic E-state index is 5.57. The van der Waals surface area contributed by atoms with Gasteiger partial charge in [0, 0.05) is 0 Å². The number of rotatable bonds is 4. The summed E-state index contributed by atoms with van der Waals surface area (Å²) in [6, 6.07) is 0. The number of nitrogens with two attached hydrogens (primary N) is 2. The van der Waals surface area contributed by atoms with Crippen LogP contribution in [0.5, 0.6) is 0 Å². The van der Waals surface area contributed by atoms with Gasteiger partial charge in [-0.2, -0.15) is 44.3 Å². The molecule has 0 spiro atoms. The molecular weight excluding hydrogens is 691 g/mol. The minimum atomic E-state index is -2.89. The van der Waals surface area contributed by atoms with Gasteiger partial charge in [0.25, 0.3) is 0 Å². The molecule has 0 saturated carbocycles. The summed E-state index contributed by atoms with van der Waals surface area (Å²) < 4.78 is 8.26. The number of hydrogen-bond donors (Lipinski definition) is 2. The van der Waals surface area contributed by atoms with Gasteiger partial charge in [-0.25, -0.2) is 0 Å². The zero-order chi connectivity index (χ0) is 22.6. The summed E-state index contributed by atoms with van der Waals surface area (Å²) in [5, 5.41) is 10.7. The Hall–Kier alpha value is 5.04. The van der Waals surface area contributed by atoms with Crippen molar-refractivity contribution in [3.05, 3.63) is 9.30 Å². The third-order valence-corrected chi connectivity index (χ3v) is 11.8. The molecule has 0 aliphatic heterocycles.